The number of benzene rings is 1. The molecule has 0 radical (unpaired) electrons. The van der Waals surface area contributed by atoms with Crippen LogP contribution in [0.2, 0.25) is 0 Å². The Bertz CT molecular complexity index is 1800. The van der Waals surface area contributed by atoms with E-state index >= 15 is 0 Å². The van der Waals surface area contributed by atoms with Crippen molar-refractivity contribution in [2.45, 2.75) is 52.4 Å². The van der Waals surface area contributed by atoms with Gasteiger partial charge < -0.3 is 14.9 Å². The molecule has 0 bridgehead atoms. The first-order valence-corrected chi connectivity index (χ1v) is 12.7. The number of alkyl halides is 5. The van der Waals surface area contributed by atoms with E-state index in [0.717, 1.165) is 22.2 Å². The van der Waals surface area contributed by atoms with Crippen LogP contribution in [0.25, 0.3) is 27.9 Å². The molecular weight excluding hydrogens is 595 g/mol. The first-order chi connectivity index (χ1) is 20.5. The van der Waals surface area contributed by atoms with Crippen molar-refractivity contribution in [2.24, 2.45) is 0 Å². The Morgan fingerprint density at radius 1 is 1.05 bits per heavy atom. The number of halogens is 5. The van der Waals surface area contributed by atoms with Gasteiger partial charge in [0.15, 0.2) is 0 Å². The van der Waals surface area contributed by atoms with Crippen LogP contribution in [0.4, 0.5) is 22.0 Å². The molecule has 12 nitrogen and oxygen atoms in total. The fourth-order valence-corrected chi connectivity index (χ4v) is 3.82. The van der Waals surface area contributed by atoms with Crippen LogP contribution < -0.4 is 5.32 Å². The fourth-order valence-electron chi connectivity index (χ4n) is 3.82. The number of nitrogens with one attached hydrogen (secondary N) is 1. The molecule has 0 aliphatic carbocycles. The Hall–Kier alpha value is -5.22. The van der Waals surface area contributed by atoms with Crippen LogP contribution in [-0.2, 0) is 16.8 Å². The Morgan fingerprint density at radius 3 is 2.32 bits per heavy atom. The number of fused-ring (bicyclic) bond motifs is 1. The molecule has 0 saturated heterocycles. The molecule has 17 heteroatoms. The zero-order chi connectivity index (χ0) is 32.4. The maximum atomic E-state index is 12.9. The summed E-state index contributed by atoms with van der Waals surface area (Å²) >= 11 is 0. The molecule has 0 saturated carbocycles. The second kappa shape index (κ2) is 12.2. The summed E-state index contributed by atoms with van der Waals surface area (Å²) in [5.74, 6) is -2.79. The maximum absolute atomic E-state index is 12.9. The van der Waals surface area contributed by atoms with Gasteiger partial charge in [-0.05, 0) is 30.2 Å². The highest BCUT2D eigenvalue weighted by Crippen LogP contribution is 2.29. The summed E-state index contributed by atoms with van der Waals surface area (Å²) in [5, 5.41) is 21.7. The van der Waals surface area contributed by atoms with Crippen LogP contribution in [0.1, 0.15) is 55.0 Å². The number of hydrogen-bond donors (Lipinski definition) is 2. The molecule has 4 heterocycles. The lowest BCUT2D eigenvalue weighted by Crippen LogP contribution is -2.24. The molecule has 0 atom stereocenters. The molecule has 0 aliphatic heterocycles. The van der Waals surface area contributed by atoms with E-state index in [9.17, 15) is 26.7 Å². The van der Waals surface area contributed by atoms with Crippen molar-refractivity contribution in [1.82, 2.24) is 39.8 Å². The molecular formula is C27H25F5N8O4. The molecule has 232 valence electrons. The first-order valence-electron chi connectivity index (χ1n) is 12.7. The van der Waals surface area contributed by atoms with Gasteiger partial charge in [-0.25, -0.2) is 19.0 Å². The quantitative estimate of drug-likeness (QED) is 0.244. The van der Waals surface area contributed by atoms with Gasteiger partial charge in [-0.15, -0.1) is 0 Å². The number of carboxylic acids is 1. The molecule has 44 heavy (non-hydrogen) atoms. The number of carbonyl (C=O) groups excluding carboxylic acids is 1. The van der Waals surface area contributed by atoms with E-state index in [2.05, 4.69) is 30.6 Å². The summed E-state index contributed by atoms with van der Waals surface area (Å²) in [4.78, 5) is 30.0. The summed E-state index contributed by atoms with van der Waals surface area (Å²) in [6.07, 6.45) is 0.778. The number of nitrogens with zero attached hydrogens (tertiary/aromatic N) is 7. The molecule has 5 rings (SSSR count). The van der Waals surface area contributed by atoms with Crippen LogP contribution in [0.15, 0.2) is 53.7 Å². The second-order valence-corrected chi connectivity index (χ2v) is 10.5. The van der Waals surface area contributed by atoms with Gasteiger partial charge in [0.25, 0.3) is 11.7 Å². The number of aromatic nitrogens is 7. The van der Waals surface area contributed by atoms with Gasteiger partial charge in [-0.1, -0.05) is 38.1 Å². The molecule has 1 aromatic carbocycles. The Morgan fingerprint density at radius 2 is 1.75 bits per heavy atom. The summed E-state index contributed by atoms with van der Waals surface area (Å²) in [6.45, 7) is 5.29. The van der Waals surface area contributed by atoms with Crippen molar-refractivity contribution in [3.8, 4) is 22.4 Å². The van der Waals surface area contributed by atoms with Gasteiger partial charge in [0.05, 0.1) is 17.4 Å². The normalized spacial score (nSPS) is 11.9. The summed E-state index contributed by atoms with van der Waals surface area (Å²) in [7, 11) is 0. The van der Waals surface area contributed by atoms with Crippen molar-refractivity contribution in [1.29, 1.82) is 0 Å². The lowest BCUT2D eigenvalue weighted by molar-refractivity contribution is -0.192. The molecule has 0 aliphatic rings. The van der Waals surface area contributed by atoms with Crippen LogP contribution in [-0.4, -0.2) is 57.7 Å². The maximum Gasteiger partial charge on any atom is 0.490 e. The van der Waals surface area contributed by atoms with Gasteiger partial charge in [-0.2, -0.15) is 37.1 Å². The molecule has 0 spiro atoms. The van der Waals surface area contributed by atoms with Crippen molar-refractivity contribution in [3.05, 3.63) is 72.0 Å². The highest BCUT2D eigenvalue weighted by molar-refractivity contribution is 5.90. The zero-order valence-electron chi connectivity index (χ0n) is 23.6. The van der Waals surface area contributed by atoms with Gasteiger partial charge in [-0.3, -0.25) is 4.79 Å². The lowest BCUT2D eigenvalue weighted by Gasteiger charge is -2.10. The van der Waals surface area contributed by atoms with Gasteiger partial charge in [0.2, 0.25) is 5.89 Å². The first kappa shape index (κ1) is 31.7. The SMILES string of the molecule is Cc1cc(-c2ncnn3cc(-c4cnn(C(F)F)c4)cc23)ccc1CNC(=O)c1noc(C(C)(C)C)n1.O=C(O)C(F)(F)F. The molecule has 5 aromatic rings. The fraction of sp³-hybridized carbons (Fsp3) is 0.296. The number of aryl methyl sites for hydroxylation is 1. The van der Waals surface area contributed by atoms with Crippen LogP contribution in [0, 0.1) is 6.92 Å². The van der Waals surface area contributed by atoms with E-state index in [4.69, 9.17) is 14.4 Å². The Kier molecular flexibility index (Phi) is 8.78. The number of amides is 1. The third-order valence-corrected chi connectivity index (χ3v) is 6.11. The predicted molar refractivity (Wildman–Crippen MR) is 143 cm³/mol. The van der Waals surface area contributed by atoms with Crippen molar-refractivity contribution in [3.63, 3.8) is 0 Å². The standard InChI is InChI=1S/C25H24F2N8O2.C2HF3O2/c1-14-7-15(5-6-16(14)9-28-22(36)21-32-23(37-33-21)25(2,3)4)20-19-8-17(11-34(19)31-13-29-20)18-10-30-35(12-18)24(26)27;3-2(4,5)1(6)7/h5-8,10-13,24H,9H2,1-4H3,(H,28,36);(H,6,7). The van der Waals surface area contributed by atoms with E-state index in [-0.39, 0.29) is 17.8 Å². The number of carboxylic acid groups (broad SMARTS) is 1. The predicted octanol–water partition coefficient (Wildman–Crippen LogP) is 5.21. The van der Waals surface area contributed by atoms with Gasteiger partial charge >= 0.3 is 18.7 Å². The largest absolute Gasteiger partial charge is 0.490 e. The number of rotatable bonds is 6. The summed E-state index contributed by atoms with van der Waals surface area (Å²) in [6, 6.07) is 7.63. The number of hydrogen-bond acceptors (Lipinski definition) is 8. The Labute approximate surface area is 245 Å². The van der Waals surface area contributed by atoms with E-state index in [1.807, 2.05) is 52.0 Å². The smallest absolute Gasteiger partial charge is 0.475 e. The molecule has 0 unspecified atom stereocenters. The highest BCUT2D eigenvalue weighted by Gasteiger charge is 2.38. The summed E-state index contributed by atoms with van der Waals surface area (Å²) < 4.78 is 65.0. The minimum Gasteiger partial charge on any atom is -0.475 e. The number of carbonyl (C=O) groups is 2. The van der Waals surface area contributed by atoms with Crippen molar-refractivity contribution in [2.75, 3.05) is 0 Å². The molecule has 4 aromatic heterocycles. The van der Waals surface area contributed by atoms with E-state index in [0.29, 0.717) is 27.4 Å². The zero-order valence-corrected chi connectivity index (χ0v) is 23.6. The minimum atomic E-state index is -5.08. The van der Waals surface area contributed by atoms with Gasteiger partial charge in [0, 0.05) is 41.0 Å². The van der Waals surface area contributed by atoms with Crippen LogP contribution >= 0.6 is 0 Å². The van der Waals surface area contributed by atoms with Crippen LogP contribution in [0.3, 0.4) is 0 Å². The van der Waals surface area contributed by atoms with E-state index in [1.54, 1.807) is 10.7 Å². The monoisotopic (exact) mass is 620 g/mol. The van der Waals surface area contributed by atoms with E-state index < -0.39 is 24.6 Å². The topological polar surface area (TPSA) is 153 Å². The molecule has 0 fully saturated rings. The Balaban J connectivity index is 0.000000566. The second-order valence-electron chi connectivity index (χ2n) is 10.5. The number of aliphatic carboxylic acids is 1. The third kappa shape index (κ3) is 7.22. The average Bonchev–Trinajstić information content (AvgIpc) is 3.70. The van der Waals surface area contributed by atoms with E-state index in [1.165, 1.54) is 18.7 Å². The minimum absolute atomic E-state index is 0.00861. The highest BCUT2D eigenvalue weighted by atomic mass is 19.4. The summed E-state index contributed by atoms with van der Waals surface area (Å²) in [5.41, 5.74) is 5.01. The lowest BCUT2D eigenvalue weighted by atomic mass is 9.97. The molecule has 2 N–H and O–H groups in total. The average molecular weight is 621 g/mol. The van der Waals surface area contributed by atoms with Crippen molar-refractivity contribution >= 4 is 17.4 Å². The van der Waals surface area contributed by atoms with Crippen LogP contribution in [0.5, 0.6) is 0 Å². The third-order valence-electron chi connectivity index (χ3n) is 6.11. The van der Waals surface area contributed by atoms with Gasteiger partial charge in [0.1, 0.15) is 6.33 Å². The van der Waals surface area contributed by atoms with Crippen molar-refractivity contribution < 1.29 is 41.2 Å². The molecule has 1 amide bonds.